The average molecular weight is 617 g/mol. The van der Waals surface area contributed by atoms with Gasteiger partial charge in [0.2, 0.25) is 5.91 Å². The lowest BCUT2D eigenvalue weighted by atomic mass is 9.79. The maximum Gasteiger partial charge on any atom is 0.586 e. The van der Waals surface area contributed by atoms with E-state index in [1.54, 1.807) is 13.0 Å². The summed E-state index contributed by atoms with van der Waals surface area (Å²) in [5.41, 5.74) is 0.455. The molecule has 12 heteroatoms. The topological polar surface area (TPSA) is 89.4 Å². The predicted molar refractivity (Wildman–Crippen MR) is 153 cm³/mol. The fraction of sp³-hybridized carbons (Fsp3) is 0.531. The first-order chi connectivity index (χ1) is 20.4. The maximum atomic E-state index is 16.0. The number of carbonyl (C=O) groups is 1. The molecule has 2 aromatic carbocycles. The van der Waals surface area contributed by atoms with Gasteiger partial charge in [0.15, 0.2) is 17.3 Å². The van der Waals surface area contributed by atoms with Crippen LogP contribution in [0.15, 0.2) is 24.3 Å². The van der Waals surface area contributed by atoms with Gasteiger partial charge in [-0.3, -0.25) is 4.79 Å². The molecule has 44 heavy (non-hydrogen) atoms. The molecular formula is C32H35F3N2O7. The van der Waals surface area contributed by atoms with Crippen LogP contribution < -0.4 is 19.5 Å². The number of aromatic nitrogens is 1. The summed E-state index contributed by atoms with van der Waals surface area (Å²) in [7, 11) is 0. The summed E-state index contributed by atoms with van der Waals surface area (Å²) >= 11 is 0. The zero-order valence-electron chi connectivity index (χ0n) is 25.7. The zero-order chi connectivity index (χ0) is 31.6. The van der Waals surface area contributed by atoms with Crippen LogP contribution in [0.1, 0.15) is 65.3 Å². The van der Waals surface area contributed by atoms with E-state index in [4.69, 9.17) is 18.9 Å². The number of nitrogens with one attached hydrogen (secondary N) is 1. The summed E-state index contributed by atoms with van der Waals surface area (Å²) in [5.74, 6) is -2.09. The molecule has 1 fully saturated rings. The minimum atomic E-state index is -3.82. The van der Waals surface area contributed by atoms with Crippen LogP contribution in [0.2, 0.25) is 0 Å². The molecule has 5 heterocycles. The lowest BCUT2D eigenvalue weighted by Gasteiger charge is -2.41. The fourth-order valence-corrected chi connectivity index (χ4v) is 6.80. The number of fused-ring (bicyclic) bond motifs is 5. The minimum Gasteiger partial charge on any atom is -0.492 e. The van der Waals surface area contributed by atoms with E-state index in [1.165, 1.54) is 18.2 Å². The Morgan fingerprint density at radius 3 is 2.34 bits per heavy atom. The zero-order valence-corrected chi connectivity index (χ0v) is 25.7. The highest BCUT2D eigenvalue weighted by molar-refractivity contribution is 6.02. The van der Waals surface area contributed by atoms with Crippen molar-refractivity contribution >= 4 is 22.5 Å². The summed E-state index contributed by atoms with van der Waals surface area (Å²) in [6.07, 6.45) is -4.06. The van der Waals surface area contributed by atoms with Crippen molar-refractivity contribution < 1.29 is 46.4 Å². The highest BCUT2D eigenvalue weighted by atomic mass is 19.3. The number of carbonyl (C=O) groups excluding carboxylic acids is 1. The highest BCUT2D eigenvalue weighted by Crippen LogP contribution is 2.51. The van der Waals surface area contributed by atoms with Gasteiger partial charge in [-0.05, 0) is 46.8 Å². The number of anilines is 1. The number of halogens is 3. The van der Waals surface area contributed by atoms with Crippen LogP contribution in [-0.2, 0) is 42.0 Å². The number of rotatable bonds is 4. The van der Waals surface area contributed by atoms with Gasteiger partial charge in [-0.15, -0.1) is 8.78 Å². The Kier molecular flexibility index (Phi) is 6.01. The van der Waals surface area contributed by atoms with Crippen molar-refractivity contribution in [1.82, 2.24) is 4.57 Å². The molecule has 0 saturated carbocycles. The fourth-order valence-electron chi connectivity index (χ4n) is 6.80. The van der Waals surface area contributed by atoms with E-state index in [1.807, 2.05) is 27.7 Å². The number of hydrogen-bond donors (Lipinski definition) is 1. The average Bonchev–Trinajstić information content (AvgIpc) is 3.62. The second-order valence-corrected chi connectivity index (χ2v) is 13.9. The molecule has 4 aliphatic heterocycles. The molecule has 236 valence electrons. The summed E-state index contributed by atoms with van der Waals surface area (Å²) in [6, 6.07) is 5.65. The van der Waals surface area contributed by atoms with Crippen molar-refractivity contribution in [3.8, 4) is 17.2 Å². The number of hydrogen-bond acceptors (Lipinski definition) is 7. The van der Waals surface area contributed by atoms with Gasteiger partial charge in [-0.1, -0.05) is 13.8 Å². The molecule has 0 spiro atoms. The lowest BCUT2D eigenvalue weighted by molar-refractivity contribution is -0.286. The second-order valence-electron chi connectivity index (χ2n) is 13.9. The molecule has 3 aromatic rings. The second kappa shape index (κ2) is 9.04. The molecule has 4 aliphatic rings. The van der Waals surface area contributed by atoms with Crippen LogP contribution in [0.3, 0.4) is 0 Å². The summed E-state index contributed by atoms with van der Waals surface area (Å²) in [6.45, 7) is 14.7. The Morgan fingerprint density at radius 1 is 0.955 bits per heavy atom. The molecule has 0 radical (unpaired) electrons. The van der Waals surface area contributed by atoms with Gasteiger partial charge in [0.05, 0.1) is 36.6 Å². The highest BCUT2D eigenvalue weighted by Gasteiger charge is 2.49. The van der Waals surface area contributed by atoms with Crippen LogP contribution in [0.4, 0.5) is 18.9 Å². The first kappa shape index (κ1) is 29.2. The molecule has 1 amide bonds. The van der Waals surface area contributed by atoms with E-state index in [-0.39, 0.29) is 35.6 Å². The first-order valence-electron chi connectivity index (χ1n) is 14.6. The van der Waals surface area contributed by atoms with Crippen molar-refractivity contribution in [2.45, 2.75) is 89.6 Å². The molecule has 1 N–H and O–H groups in total. The molecule has 1 aromatic heterocycles. The molecule has 0 bridgehead atoms. The first-order valence-corrected chi connectivity index (χ1v) is 14.6. The number of amides is 1. The van der Waals surface area contributed by atoms with Crippen molar-refractivity contribution in [2.24, 2.45) is 0 Å². The van der Waals surface area contributed by atoms with Crippen LogP contribution >= 0.6 is 0 Å². The summed E-state index contributed by atoms with van der Waals surface area (Å²) in [5, 5.41) is 3.49. The molecule has 9 nitrogen and oxygen atoms in total. The van der Waals surface area contributed by atoms with E-state index in [9.17, 15) is 13.6 Å². The Balaban J connectivity index is 1.29. The molecular weight excluding hydrogens is 581 g/mol. The van der Waals surface area contributed by atoms with E-state index in [0.717, 1.165) is 16.6 Å². The van der Waals surface area contributed by atoms with Crippen LogP contribution in [-0.4, -0.2) is 48.5 Å². The number of ether oxygens (including phenoxy) is 6. The number of nitrogens with zero attached hydrogens (tertiary/aromatic N) is 1. The van der Waals surface area contributed by atoms with Crippen molar-refractivity contribution in [3.63, 3.8) is 0 Å². The summed E-state index contributed by atoms with van der Waals surface area (Å²) < 4.78 is 78.5. The molecule has 0 aliphatic carbocycles. The Labute approximate surface area is 252 Å². The van der Waals surface area contributed by atoms with Crippen LogP contribution in [0.5, 0.6) is 17.2 Å². The smallest absolute Gasteiger partial charge is 0.492 e. The quantitative estimate of drug-likeness (QED) is 0.380. The largest absolute Gasteiger partial charge is 0.586 e. The van der Waals surface area contributed by atoms with Crippen LogP contribution in [0, 0.1) is 5.82 Å². The van der Waals surface area contributed by atoms with Gasteiger partial charge < -0.3 is 38.3 Å². The van der Waals surface area contributed by atoms with Gasteiger partial charge in [-0.2, -0.15) is 0 Å². The molecule has 7 rings (SSSR count). The third-order valence-electron chi connectivity index (χ3n) is 9.01. The number of alkyl halides is 2. The standard InChI is InChI=1S/C32H35F3N2O7/c1-28(2)14-41-29(3,4)25-17-8-20(19(33)10-21(17)37(26(25)28)12-16-13-40-30(5,6)42-16)36-27(38)31(7)15-39-22-11-24-23(9-18(22)31)43-32(34,35)44-24/h8-11,16H,12-15H2,1-7H3,(H,36,38)/t16-,31?/m1/s1. The van der Waals surface area contributed by atoms with Gasteiger partial charge >= 0.3 is 6.29 Å². The Morgan fingerprint density at radius 2 is 1.66 bits per heavy atom. The van der Waals surface area contributed by atoms with Gasteiger partial charge in [0.1, 0.15) is 29.7 Å². The van der Waals surface area contributed by atoms with Crippen molar-refractivity contribution in [2.75, 3.05) is 25.1 Å². The minimum absolute atomic E-state index is 0.0230. The third kappa shape index (κ3) is 4.44. The molecule has 2 atom stereocenters. The van der Waals surface area contributed by atoms with Gasteiger partial charge in [-0.25, -0.2) is 4.39 Å². The Hall–Kier alpha value is -3.48. The summed E-state index contributed by atoms with van der Waals surface area (Å²) in [4.78, 5) is 13.8. The Bertz CT molecular complexity index is 1730. The van der Waals surface area contributed by atoms with E-state index >= 15 is 4.39 Å². The monoisotopic (exact) mass is 616 g/mol. The maximum absolute atomic E-state index is 16.0. The SMILES string of the molecule is CC1(C)OC[C@@H](Cn2c3c(c4cc(NC(=O)C5(C)COc6cc7c(cc65)OC(F)(F)O7)c(F)cc42)C(C)(C)OCC3(C)C)O1. The van der Waals surface area contributed by atoms with Crippen LogP contribution in [0.25, 0.3) is 10.9 Å². The normalized spacial score (nSPS) is 26.7. The lowest BCUT2D eigenvalue weighted by Crippen LogP contribution is -2.41. The van der Waals surface area contributed by atoms with Crippen molar-refractivity contribution in [1.29, 1.82) is 0 Å². The third-order valence-corrected chi connectivity index (χ3v) is 9.01. The molecule has 1 saturated heterocycles. The van der Waals surface area contributed by atoms with Gasteiger partial charge in [0.25, 0.3) is 0 Å². The molecule has 1 unspecified atom stereocenters. The van der Waals surface area contributed by atoms with Gasteiger partial charge in [0, 0.05) is 39.8 Å². The van der Waals surface area contributed by atoms with E-state index in [0.29, 0.717) is 30.8 Å². The number of benzene rings is 2. The predicted octanol–water partition coefficient (Wildman–Crippen LogP) is 6.09. The van der Waals surface area contributed by atoms with E-state index < -0.39 is 40.2 Å². The van der Waals surface area contributed by atoms with E-state index in [2.05, 4.69) is 33.2 Å². The van der Waals surface area contributed by atoms with Crippen molar-refractivity contribution in [3.05, 3.63) is 46.9 Å².